The Bertz CT molecular complexity index is 908. The molecule has 0 spiro atoms. The third-order valence-corrected chi connectivity index (χ3v) is 4.69. The average Bonchev–Trinajstić information content (AvgIpc) is 3.05. The van der Waals surface area contributed by atoms with Crippen molar-refractivity contribution in [3.8, 4) is 0 Å². The Balaban J connectivity index is 1.46. The molecule has 4 rings (SSSR count). The van der Waals surface area contributed by atoms with Crippen molar-refractivity contribution in [2.75, 3.05) is 36.8 Å². The summed E-state index contributed by atoms with van der Waals surface area (Å²) in [5.74, 6) is 1.10. The maximum Gasteiger partial charge on any atom is 0.346 e. The fourth-order valence-electron chi connectivity index (χ4n) is 3.23. The molecule has 2 aromatic heterocycles. The number of oxazole rings is 1. The molecule has 0 radical (unpaired) electrons. The van der Waals surface area contributed by atoms with E-state index in [2.05, 4.69) is 31.7 Å². The third-order valence-electron chi connectivity index (χ3n) is 4.69. The molecule has 0 amide bonds. The van der Waals surface area contributed by atoms with Crippen LogP contribution in [0, 0.1) is 0 Å². The molecule has 3 heterocycles. The van der Waals surface area contributed by atoms with Crippen molar-refractivity contribution in [2.24, 2.45) is 0 Å². The van der Waals surface area contributed by atoms with Crippen LogP contribution in [-0.2, 0) is 0 Å². The molecule has 1 aromatic carbocycles. The summed E-state index contributed by atoms with van der Waals surface area (Å²) in [7, 11) is 0. The average molecular weight is 340 g/mol. The van der Waals surface area contributed by atoms with Gasteiger partial charge in [0.05, 0.1) is 17.9 Å². The van der Waals surface area contributed by atoms with E-state index in [1.807, 2.05) is 24.3 Å². The first kappa shape index (κ1) is 15.6. The maximum absolute atomic E-state index is 11.2. The van der Waals surface area contributed by atoms with Gasteiger partial charge in [-0.3, -0.25) is 9.88 Å². The van der Waals surface area contributed by atoms with E-state index in [1.165, 1.54) is 6.20 Å². The summed E-state index contributed by atoms with van der Waals surface area (Å²) in [5.41, 5.74) is 7.95. The third kappa shape index (κ3) is 2.96. The largest absolute Gasteiger partial charge is 0.439 e. The minimum absolute atomic E-state index is 0.0978. The lowest BCUT2D eigenvalue weighted by Crippen LogP contribution is -2.47. The van der Waals surface area contributed by atoms with Gasteiger partial charge in [0.2, 0.25) is 5.89 Å². The molecule has 0 saturated carbocycles. The van der Waals surface area contributed by atoms with Crippen molar-refractivity contribution >= 4 is 22.6 Å². The first-order valence-electron chi connectivity index (χ1n) is 8.31. The second-order valence-electron chi connectivity index (χ2n) is 6.21. The highest BCUT2D eigenvalue weighted by Gasteiger charge is 2.26. The van der Waals surface area contributed by atoms with Gasteiger partial charge in [0.25, 0.3) is 0 Å². The van der Waals surface area contributed by atoms with E-state index in [4.69, 9.17) is 10.2 Å². The van der Waals surface area contributed by atoms with Crippen molar-refractivity contribution < 1.29 is 4.42 Å². The molecule has 8 nitrogen and oxygen atoms in total. The highest BCUT2D eigenvalue weighted by Crippen LogP contribution is 2.26. The number of aromatic nitrogens is 3. The lowest BCUT2D eigenvalue weighted by atomic mass is 10.2. The van der Waals surface area contributed by atoms with Gasteiger partial charge in [-0.1, -0.05) is 12.1 Å². The van der Waals surface area contributed by atoms with Crippen LogP contribution in [0.1, 0.15) is 18.9 Å². The van der Waals surface area contributed by atoms with Crippen molar-refractivity contribution in [3.63, 3.8) is 0 Å². The molecule has 1 saturated heterocycles. The first-order chi connectivity index (χ1) is 12.1. The molecule has 1 atom stereocenters. The number of fused-ring (bicyclic) bond motifs is 1. The zero-order chi connectivity index (χ0) is 17.4. The van der Waals surface area contributed by atoms with Crippen LogP contribution in [0.25, 0.3) is 11.1 Å². The molecule has 0 unspecified atom stereocenters. The molecule has 3 N–H and O–H groups in total. The number of nitrogens with one attached hydrogen (secondary N) is 1. The van der Waals surface area contributed by atoms with E-state index in [0.717, 1.165) is 48.9 Å². The number of para-hydroxylation sites is 2. The van der Waals surface area contributed by atoms with Crippen LogP contribution >= 0.6 is 0 Å². The zero-order valence-corrected chi connectivity index (χ0v) is 14.0. The molecule has 3 aromatic rings. The van der Waals surface area contributed by atoms with Gasteiger partial charge >= 0.3 is 5.69 Å². The number of H-pyrrole nitrogens is 1. The quantitative estimate of drug-likeness (QED) is 0.742. The Labute approximate surface area is 144 Å². The van der Waals surface area contributed by atoms with Crippen LogP contribution in [0.4, 0.5) is 11.5 Å². The molecule has 0 aliphatic carbocycles. The van der Waals surface area contributed by atoms with Gasteiger partial charge in [-0.2, -0.15) is 4.98 Å². The molecule has 0 bridgehead atoms. The first-order valence-corrected chi connectivity index (χ1v) is 8.31. The standard InChI is InChI=1S/C17H20N6O2/c1-11(16-20-12-4-2-3-5-14(12)25-16)22-6-8-23(9-7-22)13-10-19-17(24)21-15(13)18/h2-5,10-11H,6-9H2,1H3,(H3,18,19,21,24)/t11-/m0/s1. The van der Waals surface area contributed by atoms with Crippen LogP contribution in [0.5, 0.6) is 0 Å². The highest BCUT2D eigenvalue weighted by atomic mass is 16.3. The SMILES string of the molecule is C[C@@H](c1nc2ccccc2o1)N1CCN(c2cnc(=O)[nH]c2N)CC1. The summed E-state index contributed by atoms with van der Waals surface area (Å²) in [6, 6.07) is 7.89. The van der Waals surface area contributed by atoms with Crippen LogP contribution in [-0.4, -0.2) is 46.0 Å². The van der Waals surface area contributed by atoms with E-state index in [9.17, 15) is 4.79 Å². The lowest BCUT2D eigenvalue weighted by molar-refractivity contribution is 0.175. The second kappa shape index (κ2) is 6.21. The van der Waals surface area contributed by atoms with E-state index in [-0.39, 0.29) is 6.04 Å². The van der Waals surface area contributed by atoms with E-state index >= 15 is 0 Å². The fourth-order valence-corrected chi connectivity index (χ4v) is 3.23. The van der Waals surface area contributed by atoms with E-state index < -0.39 is 5.69 Å². The smallest absolute Gasteiger partial charge is 0.346 e. The predicted molar refractivity (Wildman–Crippen MR) is 95.5 cm³/mol. The normalized spacial score (nSPS) is 17.1. The Hall–Kier alpha value is -2.87. The Morgan fingerprint density at radius 3 is 2.72 bits per heavy atom. The summed E-state index contributed by atoms with van der Waals surface area (Å²) in [5, 5.41) is 0. The van der Waals surface area contributed by atoms with Gasteiger partial charge in [0.15, 0.2) is 5.58 Å². The number of aromatic amines is 1. The fraction of sp³-hybridized carbons (Fsp3) is 0.353. The monoisotopic (exact) mass is 340 g/mol. The summed E-state index contributed by atoms with van der Waals surface area (Å²) in [6.07, 6.45) is 1.54. The number of nitrogens with two attached hydrogens (primary N) is 1. The van der Waals surface area contributed by atoms with Crippen molar-refractivity contribution in [1.29, 1.82) is 0 Å². The van der Waals surface area contributed by atoms with Gasteiger partial charge in [-0.25, -0.2) is 9.78 Å². The number of nitrogens with zero attached hydrogens (tertiary/aromatic N) is 4. The van der Waals surface area contributed by atoms with Crippen LogP contribution in [0.2, 0.25) is 0 Å². The van der Waals surface area contributed by atoms with Crippen molar-refractivity contribution in [2.45, 2.75) is 13.0 Å². The number of rotatable bonds is 3. The molecule has 1 aliphatic heterocycles. The Kier molecular flexibility index (Phi) is 3.89. The molecule has 1 aliphatic rings. The minimum atomic E-state index is -0.426. The van der Waals surface area contributed by atoms with Gasteiger partial charge in [0.1, 0.15) is 11.3 Å². The molecular weight excluding hydrogens is 320 g/mol. The second-order valence-corrected chi connectivity index (χ2v) is 6.21. The number of anilines is 2. The Morgan fingerprint density at radius 2 is 2.00 bits per heavy atom. The van der Waals surface area contributed by atoms with Gasteiger partial charge in [-0.05, 0) is 19.1 Å². The van der Waals surface area contributed by atoms with Crippen molar-refractivity contribution in [1.82, 2.24) is 19.9 Å². The number of hydrogen-bond donors (Lipinski definition) is 2. The van der Waals surface area contributed by atoms with Crippen LogP contribution < -0.4 is 16.3 Å². The predicted octanol–water partition coefficient (Wildman–Crippen LogP) is 1.38. The molecular formula is C17H20N6O2. The summed E-state index contributed by atoms with van der Waals surface area (Å²) >= 11 is 0. The number of nitrogen functional groups attached to an aromatic ring is 1. The molecule has 1 fully saturated rings. The lowest BCUT2D eigenvalue weighted by Gasteiger charge is -2.38. The maximum atomic E-state index is 11.2. The molecule has 25 heavy (non-hydrogen) atoms. The summed E-state index contributed by atoms with van der Waals surface area (Å²) in [4.78, 5) is 26.6. The van der Waals surface area contributed by atoms with Crippen LogP contribution in [0.3, 0.4) is 0 Å². The molecule has 8 heteroatoms. The minimum Gasteiger partial charge on any atom is -0.439 e. The summed E-state index contributed by atoms with van der Waals surface area (Å²) < 4.78 is 5.89. The summed E-state index contributed by atoms with van der Waals surface area (Å²) in [6.45, 7) is 5.39. The van der Waals surface area contributed by atoms with Gasteiger partial charge < -0.3 is 15.1 Å². The van der Waals surface area contributed by atoms with Crippen molar-refractivity contribution in [3.05, 3.63) is 46.8 Å². The van der Waals surface area contributed by atoms with Crippen LogP contribution in [0.15, 0.2) is 39.7 Å². The molecule has 130 valence electrons. The topological polar surface area (TPSA) is 104 Å². The number of piperazine rings is 1. The van der Waals surface area contributed by atoms with E-state index in [0.29, 0.717) is 5.82 Å². The number of hydrogen-bond acceptors (Lipinski definition) is 7. The highest BCUT2D eigenvalue weighted by molar-refractivity contribution is 5.72. The number of benzene rings is 1. The van der Waals surface area contributed by atoms with Gasteiger partial charge in [0, 0.05) is 26.2 Å². The Morgan fingerprint density at radius 1 is 1.24 bits per heavy atom. The van der Waals surface area contributed by atoms with Gasteiger partial charge in [-0.15, -0.1) is 0 Å². The van der Waals surface area contributed by atoms with E-state index in [1.54, 1.807) is 0 Å². The zero-order valence-electron chi connectivity index (χ0n) is 14.0.